The van der Waals surface area contributed by atoms with E-state index in [1.165, 1.54) is 4.31 Å². The molecule has 0 spiro atoms. The zero-order chi connectivity index (χ0) is 21.6. The highest BCUT2D eigenvalue weighted by molar-refractivity contribution is 7.89. The number of carbonyl (C=O) groups is 1. The molecule has 8 nitrogen and oxygen atoms in total. The second-order valence-corrected chi connectivity index (χ2v) is 9.48. The first-order valence-electron chi connectivity index (χ1n) is 10.3. The SMILES string of the molecule is Cc1cc(C)nc(NCCCC(=O)Nc2ccc(S(=O)(=O)N3CCCCC3)cc2)n1. The molecule has 162 valence electrons. The number of amides is 1. The summed E-state index contributed by atoms with van der Waals surface area (Å²) in [5, 5.41) is 5.94. The molecular formula is C21H29N5O3S. The Morgan fingerprint density at radius 2 is 1.67 bits per heavy atom. The molecule has 2 aromatic rings. The van der Waals surface area contributed by atoms with Gasteiger partial charge in [0.2, 0.25) is 21.9 Å². The summed E-state index contributed by atoms with van der Waals surface area (Å²) in [7, 11) is -3.46. The van der Waals surface area contributed by atoms with E-state index in [2.05, 4.69) is 20.6 Å². The summed E-state index contributed by atoms with van der Waals surface area (Å²) in [6, 6.07) is 8.28. The van der Waals surface area contributed by atoms with Crippen LogP contribution in [0, 0.1) is 13.8 Å². The highest BCUT2D eigenvalue weighted by atomic mass is 32.2. The van der Waals surface area contributed by atoms with E-state index >= 15 is 0 Å². The molecule has 0 unspecified atom stereocenters. The van der Waals surface area contributed by atoms with E-state index in [0.717, 1.165) is 30.7 Å². The number of aryl methyl sites for hydroxylation is 2. The fourth-order valence-corrected chi connectivity index (χ4v) is 4.96. The molecule has 1 fully saturated rings. The lowest BCUT2D eigenvalue weighted by Crippen LogP contribution is -2.35. The van der Waals surface area contributed by atoms with Crippen LogP contribution in [0.1, 0.15) is 43.5 Å². The molecule has 1 aromatic carbocycles. The number of piperidine rings is 1. The lowest BCUT2D eigenvalue weighted by molar-refractivity contribution is -0.116. The molecule has 0 saturated carbocycles. The molecule has 0 atom stereocenters. The van der Waals surface area contributed by atoms with Crippen molar-refractivity contribution in [2.45, 2.75) is 50.8 Å². The van der Waals surface area contributed by atoms with E-state index in [0.29, 0.717) is 44.1 Å². The van der Waals surface area contributed by atoms with E-state index in [9.17, 15) is 13.2 Å². The summed E-state index contributed by atoms with van der Waals surface area (Å²) in [6.07, 6.45) is 3.84. The monoisotopic (exact) mass is 431 g/mol. The molecule has 1 amide bonds. The number of benzene rings is 1. The Morgan fingerprint density at radius 1 is 1.03 bits per heavy atom. The van der Waals surface area contributed by atoms with Gasteiger partial charge in [-0.2, -0.15) is 4.31 Å². The Bertz CT molecular complexity index is 950. The molecule has 30 heavy (non-hydrogen) atoms. The predicted octanol–water partition coefficient (Wildman–Crippen LogP) is 3.10. The fraction of sp³-hybridized carbons (Fsp3) is 0.476. The van der Waals surface area contributed by atoms with Crippen LogP contribution in [0.2, 0.25) is 0 Å². The van der Waals surface area contributed by atoms with Crippen LogP contribution in [0.25, 0.3) is 0 Å². The van der Waals surface area contributed by atoms with Crippen molar-refractivity contribution in [2.75, 3.05) is 30.3 Å². The molecular weight excluding hydrogens is 402 g/mol. The first kappa shape index (κ1) is 22.2. The van der Waals surface area contributed by atoms with Gasteiger partial charge in [-0.1, -0.05) is 6.42 Å². The minimum atomic E-state index is -3.46. The van der Waals surface area contributed by atoms with Gasteiger partial charge in [0.05, 0.1) is 4.90 Å². The standard InChI is InChI=1S/C21H29N5O3S/c1-16-15-17(2)24-21(23-16)22-12-6-7-20(27)25-18-8-10-19(11-9-18)30(28,29)26-13-4-3-5-14-26/h8-11,15H,3-7,12-14H2,1-2H3,(H,25,27)(H,22,23,24). The molecule has 1 aromatic heterocycles. The number of carbonyl (C=O) groups excluding carboxylic acids is 1. The van der Waals surface area contributed by atoms with E-state index < -0.39 is 10.0 Å². The van der Waals surface area contributed by atoms with Crippen molar-refractivity contribution >= 4 is 27.6 Å². The van der Waals surface area contributed by atoms with Gasteiger partial charge in [-0.15, -0.1) is 0 Å². The summed E-state index contributed by atoms with van der Waals surface area (Å²) in [5.41, 5.74) is 2.38. The topological polar surface area (TPSA) is 104 Å². The number of anilines is 2. The number of hydrogen-bond acceptors (Lipinski definition) is 6. The minimum absolute atomic E-state index is 0.121. The van der Waals surface area contributed by atoms with Gasteiger partial charge in [-0.05, 0) is 63.4 Å². The Kier molecular flexibility index (Phi) is 7.38. The number of nitrogens with zero attached hydrogens (tertiary/aromatic N) is 3. The van der Waals surface area contributed by atoms with E-state index in [1.54, 1.807) is 24.3 Å². The Hall–Kier alpha value is -2.52. The smallest absolute Gasteiger partial charge is 0.243 e. The second kappa shape index (κ2) is 9.99. The van der Waals surface area contributed by atoms with Crippen LogP contribution in [0.3, 0.4) is 0 Å². The Balaban J connectivity index is 1.46. The molecule has 0 bridgehead atoms. The molecule has 0 radical (unpaired) electrons. The average Bonchev–Trinajstić information content (AvgIpc) is 2.72. The zero-order valence-corrected chi connectivity index (χ0v) is 18.3. The van der Waals surface area contributed by atoms with Crippen LogP contribution in [-0.4, -0.2) is 48.2 Å². The van der Waals surface area contributed by atoms with Crippen molar-refractivity contribution in [3.8, 4) is 0 Å². The van der Waals surface area contributed by atoms with E-state index in [4.69, 9.17) is 0 Å². The Morgan fingerprint density at radius 3 is 2.30 bits per heavy atom. The Labute approximate surface area is 178 Å². The van der Waals surface area contributed by atoms with Gasteiger partial charge in [0.25, 0.3) is 0 Å². The third-order valence-electron chi connectivity index (χ3n) is 4.94. The maximum atomic E-state index is 12.7. The summed E-state index contributed by atoms with van der Waals surface area (Å²) < 4.78 is 26.9. The van der Waals surface area contributed by atoms with Gasteiger partial charge in [-0.3, -0.25) is 4.79 Å². The minimum Gasteiger partial charge on any atom is -0.354 e. The van der Waals surface area contributed by atoms with Crippen LogP contribution < -0.4 is 10.6 Å². The molecule has 3 rings (SSSR count). The molecule has 2 N–H and O–H groups in total. The number of rotatable bonds is 8. The van der Waals surface area contributed by atoms with Gasteiger partial charge in [0.1, 0.15) is 0 Å². The highest BCUT2D eigenvalue weighted by Crippen LogP contribution is 2.22. The van der Waals surface area contributed by atoms with Crippen molar-refractivity contribution in [1.82, 2.24) is 14.3 Å². The van der Waals surface area contributed by atoms with Crippen LogP contribution >= 0.6 is 0 Å². The maximum absolute atomic E-state index is 12.7. The predicted molar refractivity (Wildman–Crippen MR) is 117 cm³/mol. The number of aromatic nitrogens is 2. The summed E-state index contributed by atoms with van der Waals surface area (Å²) >= 11 is 0. The normalized spacial score (nSPS) is 15.0. The first-order chi connectivity index (χ1) is 14.3. The van der Waals surface area contributed by atoms with Gasteiger partial charge < -0.3 is 10.6 Å². The summed E-state index contributed by atoms with van der Waals surface area (Å²) in [5.74, 6) is 0.447. The van der Waals surface area contributed by atoms with E-state index in [1.807, 2.05) is 19.9 Å². The molecule has 2 heterocycles. The highest BCUT2D eigenvalue weighted by Gasteiger charge is 2.25. The van der Waals surface area contributed by atoms with Crippen molar-refractivity contribution in [1.29, 1.82) is 0 Å². The van der Waals surface area contributed by atoms with Crippen molar-refractivity contribution in [2.24, 2.45) is 0 Å². The molecule has 1 aliphatic heterocycles. The van der Waals surface area contributed by atoms with Crippen molar-refractivity contribution in [3.05, 3.63) is 41.7 Å². The number of hydrogen-bond donors (Lipinski definition) is 2. The third-order valence-corrected chi connectivity index (χ3v) is 6.85. The zero-order valence-electron chi connectivity index (χ0n) is 17.5. The van der Waals surface area contributed by atoms with Crippen molar-refractivity contribution in [3.63, 3.8) is 0 Å². The van der Waals surface area contributed by atoms with Gasteiger partial charge in [-0.25, -0.2) is 18.4 Å². The summed E-state index contributed by atoms with van der Waals surface area (Å²) in [6.45, 7) is 5.56. The molecule has 0 aliphatic carbocycles. The largest absolute Gasteiger partial charge is 0.354 e. The first-order valence-corrected chi connectivity index (χ1v) is 11.7. The lowest BCUT2D eigenvalue weighted by Gasteiger charge is -2.25. The summed E-state index contributed by atoms with van der Waals surface area (Å²) in [4.78, 5) is 21.0. The second-order valence-electron chi connectivity index (χ2n) is 7.54. The number of sulfonamides is 1. The van der Waals surface area contributed by atoms with Gasteiger partial charge in [0.15, 0.2) is 0 Å². The van der Waals surface area contributed by atoms with E-state index in [-0.39, 0.29) is 10.8 Å². The number of nitrogens with one attached hydrogen (secondary N) is 2. The van der Waals surface area contributed by atoms with Crippen LogP contribution in [0.15, 0.2) is 35.2 Å². The molecule has 1 saturated heterocycles. The maximum Gasteiger partial charge on any atom is 0.243 e. The fourth-order valence-electron chi connectivity index (χ4n) is 3.44. The van der Waals surface area contributed by atoms with Crippen LogP contribution in [-0.2, 0) is 14.8 Å². The lowest BCUT2D eigenvalue weighted by atomic mass is 10.2. The van der Waals surface area contributed by atoms with Crippen molar-refractivity contribution < 1.29 is 13.2 Å². The quantitative estimate of drug-likeness (QED) is 0.623. The average molecular weight is 432 g/mol. The van der Waals surface area contributed by atoms with Gasteiger partial charge >= 0.3 is 0 Å². The molecule has 1 aliphatic rings. The third kappa shape index (κ3) is 5.99. The molecule has 9 heteroatoms. The van der Waals surface area contributed by atoms with Crippen LogP contribution in [0.4, 0.5) is 11.6 Å². The van der Waals surface area contributed by atoms with Gasteiger partial charge in [0, 0.05) is 43.1 Å². The van der Waals surface area contributed by atoms with Crippen LogP contribution in [0.5, 0.6) is 0 Å².